The Balaban J connectivity index is 1.38. The van der Waals surface area contributed by atoms with Gasteiger partial charge in [-0.25, -0.2) is 0 Å². The van der Waals surface area contributed by atoms with Crippen molar-refractivity contribution in [2.75, 3.05) is 11.9 Å². The van der Waals surface area contributed by atoms with Gasteiger partial charge in [0.25, 0.3) is 5.91 Å². The van der Waals surface area contributed by atoms with E-state index in [9.17, 15) is 4.79 Å². The first-order valence-electron chi connectivity index (χ1n) is 9.53. The Kier molecular flexibility index (Phi) is 5.47. The van der Waals surface area contributed by atoms with Gasteiger partial charge in [0.2, 0.25) is 0 Å². The topological polar surface area (TPSA) is 84.2 Å². The standard InChI is InChI=1S/C22H22N6O/c1-16-7-9-18(10-8-16)22(29)23-14-13-21-26-25-20-12-11-19(27-28(20)21)24-15-17-5-3-2-4-6-17/h2-12H,13-15H2,1H3,(H,23,29)(H,24,27). The Morgan fingerprint density at radius 2 is 1.76 bits per heavy atom. The maximum absolute atomic E-state index is 12.2. The molecule has 29 heavy (non-hydrogen) atoms. The van der Waals surface area contributed by atoms with Gasteiger partial charge in [0.05, 0.1) is 0 Å². The lowest BCUT2D eigenvalue weighted by atomic mass is 10.1. The lowest BCUT2D eigenvalue weighted by molar-refractivity contribution is 0.0954. The molecule has 0 saturated heterocycles. The van der Waals surface area contributed by atoms with Crippen LogP contribution in [0.1, 0.15) is 27.3 Å². The summed E-state index contributed by atoms with van der Waals surface area (Å²) < 4.78 is 1.71. The molecule has 0 aliphatic heterocycles. The number of nitrogens with zero attached hydrogens (tertiary/aromatic N) is 4. The average molecular weight is 386 g/mol. The molecule has 0 saturated carbocycles. The van der Waals surface area contributed by atoms with E-state index in [0.29, 0.717) is 36.5 Å². The van der Waals surface area contributed by atoms with Crippen LogP contribution in [0.3, 0.4) is 0 Å². The van der Waals surface area contributed by atoms with E-state index in [1.165, 1.54) is 5.56 Å². The van der Waals surface area contributed by atoms with Crippen LogP contribution in [-0.4, -0.2) is 32.3 Å². The molecule has 2 N–H and O–H groups in total. The van der Waals surface area contributed by atoms with E-state index in [1.807, 2.05) is 61.5 Å². The number of anilines is 1. The number of aromatic nitrogens is 4. The van der Waals surface area contributed by atoms with Gasteiger partial charge in [-0.2, -0.15) is 4.52 Å². The fraction of sp³-hybridized carbons (Fsp3) is 0.182. The molecule has 0 atom stereocenters. The molecule has 2 aromatic heterocycles. The van der Waals surface area contributed by atoms with Crippen LogP contribution in [0, 0.1) is 6.92 Å². The van der Waals surface area contributed by atoms with Gasteiger partial charge in [0.15, 0.2) is 11.5 Å². The van der Waals surface area contributed by atoms with Crippen molar-refractivity contribution in [1.29, 1.82) is 0 Å². The average Bonchev–Trinajstić information content (AvgIpc) is 3.16. The van der Waals surface area contributed by atoms with Crippen molar-refractivity contribution in [2.45, 2.75) is 19.9 Å². The number of benzene rings is 2. The molecule has 7 heteroatoms. The smallest absolute Gasteiger partial charge is 0.251 e. The molecule has 0 aliphatic carbocycles. The zero-order valence-electron chi connectivity index (χ0n) is 16.2. The largest absolute Gasteiger partial charge is 0.365 e. The Morgan fingerprint density at radius 1 is 0.966 bits per heavy atom. The minimum atomic E-state index is -0.100. The van der Waals surface area contributed by atoms with Crippen molar-refractivity contribution < 1.29 is 4.79 Å². The summed E-state index contributed by atoms with van der Waals surface area (Å²) in [5.41, 5.74) is 3.62. The first kappa shape index (κ1) is 18.6. The number of nitrogens with one attached hydrogen (secondary N) is 2. The Hall–Kier alpha value is -3.74. The molecule has 0 bridgehead atoms. The molecule has 0 spiro atoms. The number of amides is 1. The van der Waals surface area contributed by atoms with Crippen LogP contribution in [0.5, 0.6) is 0 Å². The maximum atomic E-state index is 12.2. The SMILES string of the molecule is Cc1ccc(C(=O)NCCc2nnc3ccc(NCc4ccccc4)nn23)cc1. The second kappa shape index (κ2) is 8.52. The molecular weight excluding hydrogens is 364 g/mol. The van der Waals surface area contributed by atoms with Crippen LogP contribution in [-0.2, 0) is 13.0 Å². The number of carbonyl (C=O) groups is 1. The molecular formula is C22H22N6O. The molecule has 146 valence electrons. The lowest BCUT2D eigenvalue weighted by Crippen LogP contribution is -2.26. The van der Waals surface area contributed by atoms with Crippen molar-refractivity contribution in [1.82, 2.24) is 25.1 Å². The number of fused-ring (bicyclic) bond motifs is 1. The number of carbonyl (C=O) groups excluding carboxylic acids is 1. The van der Waals surface area contributed by atoms with Crippen molar-refractivity contribution in [3.05, 3.63) is 89.2 Å². The van der Waals surface area contributed by atoms with Crippen molar-refractivity contribution in [3.63, 3.8) is 0 Å². The van der Waals surface area contributed by atoms with Crippen LogP contribution in [0.15, 0.2) is 66.7 Å². The molecule has 4 aromatic rings. The van der Waals surface area contributed by atoms with Gasteiger partial charge in [-0.05, 0) is 36.8 Å². The summed E-state index contributed by atoms with van der Waals surface area (Å²) in [5.74, 6) is 1.34. The van der Waals surface area contributed by atoms with Crippen LogP contribution in [0.25, 0.3) is 5.65 Å². The van der Waals surface area contributed by atoms with Crippen molar-refractivity contribution >= 4 is 17.4 Å². The number of hydrogen-bond donors (Lipinski definition) is 2. The van der Waals surface area contributed by atoms with Gasteiger partial charge in [0.1, 0.15) is 5.82 Å². The molecule has 1 amide bonds. The van der Waals surface area contributed by atoms with E-state index < -0.39 is 0 Å². The second-order valence-corrected chi connectivity index (χ2v) is 6.82. The van der Waals surface area contributed by atoms with Crippen LogP contribution in [0.4, 0.5) is 5.82 Å². The predicted octanol–water partition coefficient (Wildman–Crippen LogP) is 3.02. The minimum Gasteiger partial charge on any atom is -0.365 e. The van der Waals surface area contributed by atoms with Crippen molar-refractivity contribution in [2.24, 2.45) is 0 Å². The highest BCUT2D eigenvalue weighted by Gasteiger charge is 2.09. The maximum Gasteiger partial charge on any atom is 0.251 e. The minimum absolute atomic E-state index is 0.100. The molecule has 0 radical (unpaired) electrons. The third kappa shape index (κ3) is 4.57. The number of hydrogen-bond acceptors (Lipinski definition) is 5. The normalized spacial score (nSPS) is 10.8. The first-order chi connectivity index (χ1) is 14.2. The fourth-order valence-corrected chi connectivity index (χ4v) is 2.97. The van der Waals surface area contributed by atoms with Crippen molar-refractivity contribution in [3.8, 4) is 0 Å². The summed E-state index contributed by atoms with van der Waals surface area (Å²) >= 11 is 0. The van der Waals surface area contributed by atoms with E-state index in [1.54, 1.807) is 4.52 Å². The molecule has 2 heterocycles. The molecule has 0 aliphatic rings. The summed E-state index contributed by atoms with van der Waals surface area (Å²) in [5, 5.41) is 19.2. The van der Waals surface area contributed by atoms with E-state index in [-0.39, 0.29) is 5.91 Å². The van der Waals surface area contributed by atoms with Gasteiger partial charge in [-0.1, -0.05) is 48.0 Å². The molecule has 7 nitrogen and oxygen atoms in total. The second-order valence-electron chi connectivity index (χ2n) is 6.82. The third-order valence-corrected chi connectivity index (χ3v) is 4.59. The summed E-state index contributed by atoms with van der Waals surface area (Å²) in [7, 11) is 0. The number of aryl methyl sites for hydroxylation is 1. The monoisotopic (exact) mass is 386 g/mol. The van der Waals surface area contributed by atoms with E-state index in [0.717, 1.165) is 11.4 Å². The molecule has 0 unspecified atom stereocenters. The highest BCUT2D eigenvalue weighted by Crippen LogP contribution is 2.10. The summed E-state index contributed by atoms with van der Waals surface area (Å²) in [6.45, 7) is 3.13. The predicted molar refractivity (Wildman–Crippen MR) is 112 cm³/mol. The first-order valence-corrected chi connectivity index (χ1v) is 9.53. The van der Waals surface area contributed by atoms with E-state index >= 15 is 0 Å². The zero-order chi connectivity index (χ0) is 20.1. The number of rotatable bonds is 7. The Bertz CT molecular complexity index is 1110. The van der Waals surface area contributed by atoms with Gasteiger partial charge in [-0.15, -0.1) is 15.3 Å². The van der Waals surface area contributed by atoms with Gasteiger partial charge < -0.3 is 10.6 Å². The Morgan fingerprint density at radius 3 is 2.55 bits per heavy atom. The summed E-state index contributed by atoms with van der Waals surface area (Å²) in [6.07, 6.45) is 0.536. The third-order valence-electron chi connectivity index (χ3n) is 4.59. The van der Waals surface area contributed by atoms with Gasteiger partial charge in [-0.3, -0.25) is 4.79 Å². The lowest BCUT2D eigenvalue weighted by Gasteiger charge is -2.07. The Labute approximate surface area is 168 Å². The highest BCUT2D eigenvalue weighted by atomic mass is 16.1. The van der Waals surface area contributed by atoms with Crippen LogP contribution >= 0.6 is 0 Å². The van der Waals surface area contributed by atoms with Crippen LogP contribution < -0.4 is 10.6 Å². The van der Waals surface area contributed by atoms with Gasteiger partial charge >= 0.3 is 0 Å². The van der Waals surface area contributed by atoms with Gasteiger partial charge in [0, 0.05) is 25.1 Å². The quantitative estimate of drug-likeness (QED) is 0.510. The molecule has 2 aromatic carbocycles. The van der Waals surface area contributed by atoms with Crippen LogP contribution in [0.2, 0.25) is 0 Å². The molecule has 4 rings (SSSR count). The summed E-state index contributed by atoms with van der Waals surface area (Å²) in [6, 6.07) is 21.4. The highest BCUT2D eigenvalue weighted by molar-refractivity contribution is 5.94. The van der Waals surface area contributed by atoms with E-state index in [4.69, 9.17) is 0 Å². The molecule has 0 fully saturated rings. The summed E-state index contributed by atoms with van der Waals surface area (Å²) in [4.78, 5) is 12.2. The fourth-order valence-electron chi connectivity index (χ4n) is 2.97. The zero-order valence-corrected chi connectivity index (χ0v) is 16.2. The van der Waals surface area contributed by atoms with E-state index in [2.05, 4.69) is 38.1 Å².